The Morgan fingerprint density at radius 2 is 2.00 bits per heavy atom. The van der Waals surface area contributed by atoms with Crippen molar-refractivity contribution >= 4 is 17.8 Å². The first-order valence-electron chi connectivity index (χ1n) is 8.24. The third-order valence-electron chi connectivity index (χ3n) is 3.98. The number of aliphatic hydroxyl groups excluding tert-OH is 1. The highest BCUT2D eigenvalue weighted by molar-refractivity contribution is 5.98. The maximum absolute atomic E-state index is 11.9. The van der Waals surface area contributed by atoms with E-state index in [4.69, 9.17) is 9.47 Å². The fourth-order valence-electron chi connectivity index (χ4n) is 2.76. The van der Waals surface area contributed by atoms with Crippen LogP contribution < -0.4 is 0 Å². The Hall–Kier alpha value is -2.21. The molecule has 1 saturated carbocycles. The van der Waals surface area contributed by atoms with Gasteiger partial charge in [0.15, 0.2) is 6.10 Å². The lowest BCUT2D eigenvalue weighted by Crippen LogP contribution is -2.38. The fraction of sp³-hybridized carbons (Fsp3) is 0.500. The van der Waals surface area contributed by atoms with E-state index in [1.54, 1.807) is 6.92 Å². The summed E-state index contributed by atoms with van der Waals surface area (Å²) >= 11 is 0. The SMILES string of the molecule is CCOC(=O)[C@@H](O)C1CCCC/C1=N\C(=O)OCc1ccccc1. The predicted octanol–water partition coefficient (Wildman–Crippen LogP) is 2.88. The van der Waals surface area contributed by atoms with Gasteiger partial charge in [0, 0.05) is 11.6 Å². The molecule has 1 aliphatic carbocycles. The lowest BCUT2D eigenvalue weighted by Gasteiger charge is -2.26. The molecular formula is C18H23NO5. The van der Waals surface area contributed by atoms with Gasteiger partial charge in [-0.05, 0) is 31.7 Å². The van der Waals surface area contributed by atoms with Crippen LogP contribution in [0.1, 0.15) is 38.2 Å². The number of carbonyl (C=O) groups is 2. The number of hydrogen-bond donors (Lipinski definition) is 1. The van der Waals surface area contributed by atoms with Crippen molar-refractivity contribution in [1.29, 1.82) is 0 Å². The highest BCUT2D eigenvalue weighted by Gasteiger charge is 2.33. The predicted molar refractivity (Wildman–Crippen MR) is 88.7 cm³/mol. The molecule has 0 bridgehead atoms. The van der Waals surface area contributed by atoms with Crippen LogP contribution in [0.5, 0.6) is 0 Å². The lowest BCUT2D eigenvalue weighted by molar-refractivity contribution is -0.154. The van der Waals surface area contributed by atoms with Crippen LogP contribution in [-0.4, -0.2) is 35.6 Å². The number of aliphatic imine (C=N–C) groups is 1. The summed E-state index contributed by atoms with van der Waals surface area (Å²) in [6.07, 6.45) is 0.935. The summed E-state index contributed by atoms with van der Waals surface area (Å²) in [5.74, 6) is -1.16. The first kappa shape index (κ1) is 18.1. The molecule has 6 heteroatoms. The summed E-state index contributed by atoms with van der Waals surface area (Å²) in [5, 5.41) is 10.2. The van der Waals surface area contributed by atoms with Crippen LogP contribution in [0.2, 0.25) is 0 Å². The summed E-state index contributed by atoms with van der Waals surface area (Å²) in [7, 11) is 0. The average Bonchev–Trinajstić information content (AvgIpc) is 2.61. The monoisotopic (exact) mass is 333 g/mol. The summed E-state index contributed by atoms with van der Waals surface area (Å²) in [6.45, 7) is 2.02. The Morgan fingerprint density at radius 1 is 1.25 bits per heavy atom. The molecular weight excluding hydrogens is 310 g/mol. The minimum atomic E-state index is -1.29. The van der Waals surface area contributed by atoms with Crippen LogP contribution >= 0.6 is 0 Å². The molecule has 0 radical (unpaired) electrons. The Kier molecular flexibility index (Phi) is 6.93. The molecule has 0 heterocycles. The zero-order valence-corrected chi connectivity index (χ0v) is 13.8. The van der Waals surface area contributed by atoms with E-state index in [-0.39, 0.29) is 13.2 Å². The van der Waals surface area contributed by atoms with Crippen LogP contribution in [0.4, 0.5) is 4.79 Å². The smallest absolute Gasteiger partial charge is 0.433 e. The van der Waals surface area contributed by atoms with Crippen molar-refractivity contribution in [3.63, 3.8) is 0 Å². The summed E-state index contributed by atoms with van der Waals surface area (Å²) in [5.41, 5.74) is 1.39. The molecule has 2 rings (SSSR count). The van der Waals surface area contributed by atoms with Gasteiger partial charge in [-0.3, -0.25) is 0 Å². The number of aliphatic hydroxyl groups is 1. The minimum absolute atomic E-state index is 0.140. The van der Waals surface area contributed by atoms with Crippen LogP contribution in [0, 0.1) is 5.92 Å². The molecule has 1 aromatic rings. The average molecular weight is 333 g/mol. The maximum atomic E-state index is 11.9. The van der Waals surface area contributed by atoms with Crippen molar-refractivity contribution in [2.45, 2.75) is 45.3 Å². The largest absolute Gasteiger partial charge is 0.464 e. The number of rotatable bonds is 5. The number of esters is 1. The number of ether oxygens (including phenoxy) is 2. The van der Waals surface area contributed by atoms with E-state index in [2.05, 4.69) is 4.99 Å². The third-order valence-corrected chi connectivity index (χ3v) is 3.98. The zero-order valence-electron chi connectivity index (χ0n) is 13.8. The fourth-order valence-corrected chi connectivity index (χ4v) is 2.76. The van der Waals surface area contributed by atoms with Gasteiger partial charge in [-0.15, -0.1) is 0 Å². The van der Waals surface area contributed by atoms with E-state index < -0.39 is 24.1 Å². The molecule has 1 aliphatic rings. The topological polar surface area (TPSA) is 85.2 Å². The first-order valence-corrected chi connectivity index (χ1v) is 8.24. The Bertz CT molecular complexity index is 584. The number of nitrogens with zero attached hydrogens (tertiary/aromatic N) is 1. The van der Waals surface area contributed by atoms with Gasteiger partial charge in [-0.1, -0.05) is 36.8 Å². The molecule has 0 spiro atoms. The molecule has 0 aromatic heterocycles. The molecule has 6 nitrogen and oxygen atoms in total. The maximum Gasteiger partial charge on any atom is 0.433 e. The molecule has 24 heavy (non-hydrogen) atoms. The first-order chi connectivity index (χ1) is 11.6. The highest BCUT2D eigenvalue weighted by Crippen LogP contribution is 2.26. The normalized spacial score (nSPS) is 20.4. The number of amides is 1. The van der Waals surface area contributed by atoms with Gasteiger partial charge in [-0.2, -0.15) is 4.99 Å². The molecule has 2 atom stereocenters. The van der Waals surface area contributed by atoms with Gasteiger partial charge in [-0.25, -0.2) is 9.59 Å². The highest BCUT2D eigenvalue weighted by atomic mass is 16.5. The van der Waals surface area contributed by atoms with Gasteiger partial charge < -0.3 is 14.6 Å². The van der Waals surface area contributed by atoms with E-state index in [9.17, 15) is 14.7 Å². The Labute approximate surface area is 141 Å². The second kappa shape index (κ2) is 9.17. The summed E-state index contributed by atoms with van der Waals surface area (Å²) in [4.78, 5) is 27.7. The Morgan fingerprint density at radius 3 is 2.71 bits per heavy atom. The van der Waals surface area contributed by atoms with Gasteiger partial charge in [0.1, 0.15) is 6.61 Å². The number of benzene rings is 1. The zero-order chi connectivity index (χ0) is 17.4. The molecule has 1 N–H and O–H groups in total. The van der Waals surface area contributed by atoms with Crippen LogP contribution in [0.15, 0.2) is 35.3 Å². The van der Waals surface area contributed by atoms with Crippen molar-refractivity contribution in [2.24, 2.45) is 10.9 Å². The van der Waals surface area contributed by atoms with Crippen LogP contribution in [0.25, 0.3) is 0 Å². The lowest BCUT2D eigenvalue weighted by atomic mass is 9.83. The van der Waals surface area contributed by atoms with E-state index in [1.807, 2.05) is 30.3 Å². The Balaban J connectivity index is 1.98. The van der Waals surface area contributed by atoms with Crippen molar-refractivity contribution in [2.75, 3.05) is 6.61 Å². The minimum Gasteiger partial charge on any atom is -0.464 e. The molecule has 1 fully saturated rings. The van der Waals surface area contributed by atoms with E-state index >= 15 is 0 Å². The second-order valence-electron chi connectivity index (χ2n) is 5.69. The molecule has 1 aromatic carbocycles. The third kappa shape index (κ3) is 5.16. The van der Waals surface area contributed by atoms with Crippen LogP contribution in [0.3, 0.4) is 0 Å². The van der Waals surface area contributed by atoms with Gasteiger partial charge in [0.05, 0.1) is 6.61 Å². The van der Waals surface area contributed by atoms with Gasteiger partial charge >= 0.3 is 12.1 Å². The van der Waals surface area contributed by atoms with Gasteiger partial charge in [0.25, 0.3) is 0 Å². The van der Waals surface area contributed by atoms with E-state index in [0.29, 0.717) is 18.6 Å². The van der Waals surface area contributed by atoms with Gasteiger partial charge in [0.2, 0.25) is 0 Å². The van der Waals surface area contributed by atoms with E-state index in [1.165, 1.54) is 0 Å². The second-order valence-corrected chi connectivity index (χ2v) is 5.69. The van der Waals surface area contributed by atoms with Crippen molar-refractivity contribution in [1.82, 2.24) is 0 Å². The van der Waals surface area contributed by atoms with Crippen molar-refractivity contribution < 1.29 is 24.2 Å². The quantitative estimate of drug-likeness (QED) is 0.838. The van der Waals surface area contributed by atoms with Crippen molar-refractivity contribution in [3.8, 4) is 0 Å². The molecule has 0 aliphatic heterocycles. The standard InChI is InChI=1S/C18H23NO5/c1-2-23-17(21)16(20)14-10-6-7-11-15(14)19-18(22)24-12-13-8-4-3-5-9-13/h3-5,8-9,14,16,20H,2,6-7,10-12H2,1H3/b19-15+/t14?,16-/m0/s1. The molecule has 1 amide bonds. The summed E-state index contributed by atoms with van der Waals surface area (Å²) < 4.78 is 10.00. The number of carbonyl (C=O) groups excluding carboxylic acids is 2. The van der Waals surface area contributed by atoms with E-state index in [0.717, 1.165) is 18.4 Å². The number of hydrogen-bond acceptors (Lipinski definition) is 5. The molecule has 1 unspecified atom stereocenters. The summed E-state index contributed by atoms with van der Waals surface area (Å²) in [6, 6.07) is 9.32. The van der Waals surface area contributed by atoms with Crippen molar-refractivity contribution in [3.05, 3.63) is 35.9 Å². The van der Waals surface area contributed by atoms with Crippen LogP contribution in [-0.2, 0) is 20.9 Å². The molecule has 130 valence electrons. The molecule has 0 saturated heterocycles.